The minimum Gasteiger partial charge on any atom is -0.383 e. The number of hydrogen-bond donors (Lipinski definition) is 1. The average Bonchev–Trinajstić information content (AvgIpc) is 2.96. The van der Waals surface area contributed by atoms with Crippen LogP contribution in [0.15, 0.2) is 30.7 Å². The molecule has 0 spiro atoms. The minimum absolute atomic E-state index is 0.462. The minimum atomic E-state index is 0.462. The molecule has 0 aliphatic heterocycles. The third kappa shape index (κ3) is 3.37. The Kier molecular flexibility index (Phi) is 5.32. The van der Waals surface area contributed by atoms with Gasteiger partial charge in [0.05, 0.1) is 18.5 Å². The molecule has 0 aliphatic rings. The summed E-state index contributed by atoms with van der Waals surface area (Å²) in [5.74, 6) is 1.44. The molecule has 3 aromatic rings. The predicted molar refractivity (Wildman–Crippen MR) is 98.9 cm³/mol. The van der Waals surface area contributed by atoms with E-state index >= 15 is 0 Å². The zero-order chi connectivity index (χ0) is 16.9. The summed E-state index contributed by atoms with van der Waals surface area (Å²) in [6.45, 7) is 3.32. The number of rotatable bonds is 7. The molecule has 3 rings (SSSR count). The number of thioether (sulfide) groups is 1. The average molecular weight is 343 g/mol. The van der Waals surface area contributed by atoms with E-state index in [9.17, 15) is 0 Å². The van der Waals surface area contributed by atoms with Gasteiger partial charge in [0.25, 0.3) is 0 Å². The van der Waals surface area contributed by atoms with Gasteiger partial charge in [-0.05, 0) is 30.4 Å². The predicted octanol–water partition coefficient (Wildman–Crippen LogP) is 2.98. The smallest absolute Gasteiger partial charge is 0.160 e. The topological polar surface area (TPSA) is 78.8 Å². The lowest BCUT2D eigenvalue weighted by atomic mass is 10.2. The van der Waals surface area contributed by atoms with Crippen molar-refractivity contribution in [2.45, 2.75) is 20.1 Å². The number of aromatic nitrogens is 4. The van der Waals surface area contributed by atoms with Crippen molar-refractivity contribution >= 4 is 28.7 Å². The maximum atomic E-state index is 5.96. The van der Waals surface area contributed by atoms with Crippen LogP contribution in [0.25, 0.3) is 22.4 Å². The van der Waals surface area contributed by atoms with E-state index in [1.165, 1.54) is 0 Å². The van der Waals surface area contributed by atoms with Crippen molar-refractivity contribution < 1.29 is 4.74 Å². The summed E-state index contributed by atoms with van der Waals surface area (Å²) in [6.07, 6.45) is 8.44. The van der Waals surface area contributed by atoms with Crippen LogP contribution >= 0.6 is 11.8 Å². The summed E-state index contributed by atoms with van der Waals surface area (Å²) in [4.78, 5) is 13.5. The zero-order valence-corrected chi connectivity index (χ0v) is 14.7. The Bertz CT molecular complexity index is 833. The molecule has 126 valence electrons. The van der Waals surface area contributed by atoms with Crippen molar-refractivity contribution in [3.63, 3.8) is 0 Å². The highest BCUT2D eigenvalue weighted by atomic mass is 32.2. The molecule has 0 aromatic carbocycles. The summed E-state index contributed by atoms with van der Waals surface area (Å²) >= 11 is 1.77. The molecule has 0 radical (unpaired) electrons. The van der Waals surface area contributed by atoms with Crippen molar-refractivity contribution in [1.82, 2.24) is 19.5 Å². The quantitative estimate of drug-likeness (QED) is 0.665. The Labute approximate surface area is 145 Å². The fourth-order valence-electron chi connectivity index (χ4n) is 2.54. The zero-order valence-electron chi connectivity index (χ0n) is 13.9. The second-order valence-electron chi connectivity index (χ2n) is 5.37. The van der Waals surface area contributed by atoms with E-state index in [2.05, 4.69) is 29.3 Å². The number of ether oxygens (including phenoxy) is 1. The first-order valence-corrected chi connectivity index (χ1v) is 9.26. The van der Waals surface area contributed by atoms with Crippen LogP contribution in [-0.2, 0) is 17.9 Å². The standard InChI is InChI=1S/C17H21N5OS/c1-3-12-10-22(11-23-7-8-24-2)17-15(12)21-14(9-20-17)13-5-4-6-19-16(13)18/h4-6,9-10H,3,7-8,11H2,1-2H3,(H2,18,19). The molecule has 0 amide bonds. The van der Waals surface area contributed by atoms with E-state index in [4.69, 9.17) is 15.5 Å². The van der Waals surface area contributed by atoms with Gasteiger partial charge in [0.2, 0.25) is 0 Å². The van der Waals surface area contributed by atoms with Gasteiger partial charge in [-0.1, -0.05) is 6.92 Å². The van der Waals surface area contributed by atoms with Gasteiger partial charge in [0, 0.05) is 23.7 Å². The summed E-state index contributed by atoms with van der Waals surface area (Å²) in [6, 6.07) is 3.76. The van der Waals surface area contributed by atoms with E-state index in [1.807, 2.05) is 16.7 Å². The van der Waals surface area contributed by atoms with Gasteiger partial charge in [-0.15, -0.1) is 0 Å². The van der Waals surface area contributed by atoms with Gasteiger partial charge in [-0.3, -0.25) is 0 Å². The lowest BCUT2D eigenvalue weighted by Gasteiger charge is -2.07. The molecule has 0 bridgehead atoms. The van der Waals surface area contributed by atoms with Gasteiger partial charge in [-0.25, -0.2) is 15.0 Å². The maximum absolute atomic E-state index is 5.96. The summed E-state index contributed by atoms with van der Waals surface area (Å²) < 4.78 is 7.72. The normalized spacial score (nSPS) is 11.2. The second kappa shape index (κ2) is 7.63. The van der Waals surface area contributed by atoms with Gasteiger partial charge in [-0.2, -0.15) is 11.8 Å². The van der Waals surface area contributed by atoms with Crippen LogP contribution in [0, 0.1) is 0 Å². The van der Waals surface area contributed by atoms with Crippen LogP contribution in [0.4, 0.5) is 5.82 Å². The Morgan fingerprint density at radius 1 is 1.33 bits per heavy atom. The van der Waals surface area contributed by atoms with Gasteiger partial charge in [0.15, 0.2) is 5.65 Å². The van der Waals surface area contributed by atoms with Crippen molar-refractivity contribution in [1.29, 1.82) is 0 Å². The largest absolute Gasteiger partial charge is 0.383 e. The van der Waals surface area contributed by atoms with Gasteiger partial charge in [0.1, 0.15) is 18.1 Å². The Morgan fingerprint density at radius 2 is 2.21 bits per heavy atom. The fraction of sp³-hybridized carbons (Fsp3) is 0.353. The molecule has 7 heteroatoms. The van der Waals surface area contributed by atoms with Crippen LogP contribution in [-0.4, -0.2) is 38.1 Å². The van der Waals surface area contributed by atoms with Gasteiger partial charge >= 0.3 is 0 Å². The van der Waals surface area contributed by atoms with Crippen LogP contribution in [0.2, 0.25) is 0 Å². The van der Waals surface area contributed by atoms with E-state index in [1.54, 1.807) is 24.2 Å². The lowest BCUT2D eigenvalue weighted by Crippen LogP contribution is -2.05. The molecular formula is C17H21N5OS. The van der Waals surface area contributed by atoms with E-state index in [-0.39, 0.29) is 0 Å². The number of hydrogen-bond acceptors (Lipinski definition) is 6. The molecule has 2 N–H and O–H groups in total. The maximum Gasteiger partial charge on any atom is 0.160 e. The first-order valence-electron chi connectivity index (χ1n) is 7.87. The van der Waals surface area contributed by atoms with Crippen molar-refractivity contribution in [2.24, 2.45) is 0 Å². The number of pyridine rings is 1. The second-order valence-corrected chi connectivity index (χ2v) is 6.36. The van der Waals surface area contributed by atoms with Crippen molar-refractivity contribution in [3.8, 4) is 11.3 Å². The Hall–Kier alpha value is -2.12. The highest BCUT2D eigenvalue weighted by Crippen LogP contribution is 2.25. The number of nitrogens with two attached hydrogens (primary N) is 1. The molecule has 0 saturated heterocycles. The summed E-state index contributed by atoms with van der Waals surface area (Å²) in [5.41, 5.74) is 10.4. The van der Waals surface area contributed by atoms with Crippen LogP contribution < -0.4 is 5.73 Å². The van der Waals surface area contributed by atoms with Crippen molar-refractivity contribution in [2.75, 3.05) is 24.3 Å². The molecule has 0 aliphatic carbocycles. The van der Waals surface area contributed by atoms with Crippen LogP contribution in [0.3, 0.4) is 0 Å². The number of fused-ring (bicyclic) bond motifs is 1. The molecule has 24 heavy (non-hydrogen) atoms. The third-order valence-corrected chi connectivity index (χ3v) is 4.37. The molecule has 3 heterocycles. The summed E-state index contributed by atoms with van der Waals surface area (Å²) in [7, 11) is 0. The molecule has 6 nitrogen and oxygen atoms in total. The molecule has 0 unspecified atom stereocenters. The third-order valence-electron chi connectivity index (χ3n) is 3.80. The molecule has 0 saturated carbocycles. The molecule has 0 atom stereocenters. The van der Waals surface area contributed by atoms with Crippen molar-refractivity contribution in [3.05, 3.63) is 36.3 Å². The Morgan fingerprint density at radius 3 is 2.96 bits per heavy atom. The number of anilines is 1. The molecular weight excluding hydrogens is 322 g/mol. The number of nitrogen functional groups attached to an aromatic ring is 1. The number of nitrogens with zero attached hydrogens (tertiary/aromatic N) is 4. The van der Waals surface area contributed by atoms with E-state index < -0.39 is 0 Å². The molecule has 0 fully saturated rings. The summed E-state index contributed by atoms with van der Waals surface area (Å²) in [5, 5.41) is 0. The number of aryl methyl sites for hydroxylation is 1. The van der Waals surface area contributed by atoms with E-state index in [0.717, 1.165) is 46.8 Å². The molecule has 3 aromatic heterocycles. The first-order chi connectivity index (χ1) is 11.7. The Balaban J connectivity index is 1.96. The first kappa shape index (κ1) is 16.7. The lowest BCUT2D eigenvalue weighted by molar-refractivity contribution is 0.0926. The van der Waals surface area contributed by atoms with Crippen LogP contribution in [0.1, 0.15) is 12.5 Å². The highest BCUT2D eigenvalue weighted by molar-refractivity contribution is 7.98. The SMILES string of the molecule is CCc1cn(COCCSC)c2ncc(-c3cccnc3N)nc12. The monoisotopic (exact) mass is 343 g/mol. The van der Waals surface area contributed by atoms with Gasteiger partial charge < -0.3 is 15.0 Å². The highest BCUT2D eigenvalue weighted by Gasteiger charge is 2.13. The van der Waals surface area contributed by atoms with Crippen LogP contribution in [0.5, 0.6) is 0 Å². The fourth-order valence-corrected chi connectivity index (χ4v) is 2.83. The van der Waals surface area contributed by atoms with E-state index in [0.29, 0.717) is 12.5 Å².